The van der Waals surface area contributed by atoms with Crippen LogP contribution in [0, 0.1) is 0 Å². The van der Waals surface area contributed by atoms with Crippen LogP contribution >= 0.6 is 24.0 Å². The molecule has 0 amide bonds. The molecule has 0 aliphatic carbocycles. The van der Waals surface area contributed by atoms with E-state index in [-0.39, 0.29) is 12.4 Å². The predicted octanol–water partition coefficient (Wildman–Crippen LogP) is 4.66. The second kappa shape index (κ2) is 7.42. The zero-order valence-electron chi connectivity index (χ0n) is 10.3. The van der Waals surface area contributed by atoms with E-state index < -0.39 is 0 Å². The monoisotopic (exact) mass is 281 g/mol. The maximum atomic E-state index is 5.51. The molecular formula is C15H17Cl2N. The summed E-state index contributed by atoms with van der Waals surface area (Å²) < 4.78 is 0. The first-order valence-electron chi connectivity index (χ1n) is 5.79. The Kier molecular flexibility index (Phi) is 6.20. The highest BCUT2D eigenvalue weighted by molar-refractivity contribution is 6.25. The van der Waals surface area contributed by atoms with Gasteiger partial charge in [-0.15, -0.1) is 12.4 Å². The van der Waals surface area contributed by atoms with Crippen LogP contribution in [0.4, 0.5) is 0 Å². The highest BCUT2D eigenvalue weighted by atomic mass is 35.5. The molecule has 0 aliphatic heterocycles. The molecule has 1 N–H and O–H groups in total. The molecule has 0 fully saturated rings. The van der Waals surface area contributed by atoms with Gasteiger partial charge in [-0.2, -0.15) is 0 Å². The van der Waals surface area contributed by atoms with Crippen molar-refractivity contribution in [2.75, 3.05) is 6.54 Å². The van der Waals surface area contributed by atoms with Crippen molar-refractivity contribution in [2.24, 2.45) is 0 Å². The van der Waals surface area contributed by atoms with Gasteiger partial charge in [0.05, 0.1) is 0 Å². The fourth-order valence-corrected chi connectivity index (χ4v) is 2.12. The molecular weight excluding hydrogens is 265 g/mol. The standard InChI is InChI=1S/C15H16ClN.ClH/c1-12(17-11-5-10-16)14-9-4-7-13-6-2-3-8-15(13)14;/h2-10,12,17H,11H2,1H3;1H/t12-;/m1./s1. The first-order chi connectivity index (χ1) is 8.33. The van der Waals surface area contributed by atoms with Crippen LogP contribution in [0.5, 0.6) is 0 Å². The van der Waals surface area contributed by atoms with Crippen molar-refractivity contribution in [1.82, 2.24) is 5.32 Å². The lowest BCUT2D eigenvalue weighted by molar-refractivity contribution is 0.622. The molecule has 3 heteroatoms. The van der Waals surface area contributed by atoms with Gasteiger partial charge in [0.25, 0.3) is 0 Å². The average molecular weight is 282 g/mol. The highest BCUT2D eigenvalue weighted by Gasteiger charge is 2.07. The van der Waals surface area contributed by atoms with Crippen molar-refractivity contribution in [3.63, 3.8) is 0 Å². The summed E-state index contributed by atoms with van der Waals surface area (Å²) in [7, 11) is 0. The quantitative estimate of drug-likeness (QED) is 0.859. The largest absolute Gasteiger partial charge is 0.307 e. The van der Waals surface area contributed by atoms with Gasteiger partial charge in [0, 0.05) is 18.1 Å². The minimum absolute atomic E-state index is 0. The summed E-state index contributed by atoms with van der Waals surface area (Å²) >= 11 is 5.51. The van der Waals surface area contributed by atoms with Crippen molar-refractivity contribution >= 4 is 34.8 Å². The van der Waals surface area contributed by atoms with Crippen molar-refractivity contribution in [1.29, 1.82) is 0 Å². The van der Waals surface area contributed by atoms with E-state index in [9.17, 15) is 0 Å². The molecule has 1 nitrogen and oxygen atoms in total. The van der Waals surface area contributed by atoms with Gasteiger partial charge in [-0.3, -0.25) is 0 Å². The van der Waals surface area contributed by atoms with Gasteiger partial charge in [-0.25, -0.2) is 0 Å². The van der Waals surface area contributed by atoms with Gasteiger partial charge in [-0.1, -0.05) is 60.1 Å². The van der Waals surface area contributed by atoms with E-state index in [1.807, 2.05) is 6.08 Å². The Hall–Kier alpha value is -1.02. The normalized spacial score (nSPS) is 12.6. The molecule has 0 heterocycles. The second-order valence-corrected chi connectivity index (χ2v) is 4.31. The van der Waals surface area contributed by atoms with Crippen LogP contribution in [0.15, 0.2) is 54.1 Å². The number of hydrogen-bond donors (Lipinski definition) is 1. The second-order valence-electron chi connectivity index (χ2n) is 4.06. The van der Waals surface area contributed by atoms with E-state index >= 15 is 0 Å². The fourth-order valence-electron chi connectivity index (χ4n) is 2.03. The van der Waals surface area contributed by atoms with Crippen LogP contribution in [0.25, 0.3) is 10.8 Å². The Balaban J connectivity index is 0.00000162. The zero-order valence-corrected chi connectivity index (χ0v) is 11.8. The first-order valence-corrected chi connectivity index (χ1v) is 6.23. The molecule has 0 unspecified atom stereocenters. The van der Waals surface area contributed by atoms with Crippen molar-refractivity contribution < 1.29 is 0 Å². The van der Waals surface area contributed by atoms with Gasteiger partial charge in [0.15, 0.2) is 0 Å². The van der Waals surface area contributed by atoms with Gasteiger partial charge in [-0.05, 0) is 23.3 Å². The molecule has 2 aromatic rings. The maximum Gasteiger partial charge on any atom is 0.0300 e. The fraction of sp³-hybridized carbons (Fsp3) is 0.200. The molecule has 0 saturated heterocycles. The number of fused-ring (bicyclic) bond motifs is 1. The highest BCUT2D eigenvalue weighted by Crippen LogP contribution is 2.23. The molecule has 2 rings (SSSR count). The van der Waals surface area contributed by atoms with E-state index in [1.165, 1.54) is 16.3 Å². The third-order valence-electron chi connectivity index (χ3n) is 2.92. The van der Waals surface area contributed by atoms with Crippen LogP contribution in [0.1, 0.15) is 18.5 Å². The lowest BCUT2D eigenvalue weighted by atomic mass is 10.00. The van der Waals surface area contributed by atoms with Crippen LogP contribution in [-0.4, -0.2) is 6.54 Å². The summed E-state index contributed by atoms with van der Waals surface area (Å²) in [5.41, 5.74) is 2.87. The van der Waals surface area contributed by atoms with Gasteiger partial charge in [0.1, 0.15) is 0 Å². The van der Waals surface area contributed by atoms with E-state index in [4.69, 9.17) is 11.6 Å². The molecule has 0 aliphatic rings. The Morgan fingerprint density at radius 2 is 1.89 bits per heavy atom. The van der Waals surface area contributed by atoms with Crippen LogP contribution in [-0.2, 0) is 0 Å². The summed E-state index contributed by atoms with van der Waals surface area (Å²) in [6, 6.07) is 15.2. The lowest BCUT2D eigenvalue weighted by Gasteiger charge is -2.15. The summed E-state index contributed by atoms with van der Waals surface area (Å²) in [4.78, 5) is 0. The van der Waals surface area contributed by atoms with E-state index in [0.717, 1.165) is 6.54 Å². The number of rotatable bonds is 4. The SMILES string of the molecule is C[C@@H](NCC=CCl)c1cccc2ccccc12.Cl. The molecule has 1 atom stereocenters. The van der Waals surface area contributed by atoms with Crippen LogP contribution in [0.2, 0.25) is 0 Å². The Morgan fingerprint density at radius 1 is 1.17 bits per heavy atom. The van der Waals surface area contributed by atoms with E-state index in [1.54, 1.807) is 5.54 Å². The molecule has 2 aromatic carbocycles. The Morgan fingerprint density at radius 3 is 2.67 bits per heavy atom. The predicted molar refractivity (Wildman–Crippen MR) is 82.6 cm³/mol. The van der Waals surface area contributed by atoms with Crippen LogP contribution < -0.4 is 5.32 Å². The Labute approximate surface area is 119 Å². The van der Waals surface area contributed by atoms with E-state index in [2.05, 4.69) is 54.7 Å². The number of nitrogens with one attached hydrogen (secondary N) is 1. The third-order valence-corrected chi connectivity index (χ3v) is 3.10. The van der Waals surface area contributed by atoms with Crippen molar-refractivity contribution in [2.45, 2.75) is 13.0 Å². The summed E-state index contributed by atoms with van der Waals surface area (Å²) in [5.74, 6) is 0. The van der Waals surface area contributed by atoms with Crippen molar-refractivity contribution in [3.05, 3.63) is 59.6 Å². The number of benzene rings is 2. The van der Waals surface area contributed by atoms with Gasteiger partial charge < -0.3 is 5.32 Å². The Bertz CT molecular complexity index is 517. The summed E-state index contributed by atoms with van der Waals surface area (Å²) in [6.45, 7) is 2.96. The molecule has 0 saturated carbocycles. The molecule has 96 valence electrons. The summed E-state index contributed by atoms with van der Waals surface area (Å²) in [6.07, 6.45) is 1.91. The number of halogens is 2. The smallest absolute Gasteiger partial charge is 0.0300 e. The average Bonchev–Trinajstić information content (AvgIpc) is 2.38. The van der Waals surface area contributed by atoms with Crippen molar-refractivity contribution in [3.8, 4) is 0 Å². The first kappa shape index (κ1) is 15.0. The topological polar surface area (TPSA) is 12.0 Å². The van der Waals surface area contributed by atoms with Gasteiger partial charge in [0.2, 0.25) is 0 Å². The summed E-state index contributed by atoms with van der Waals surface area (Å²) in [5, 5.41) is 6.01. The van der Waals surface area contributed by atoms with Crippen LogP contribution in [0.3, 0.4) is 0 Å². The molecule has 0 aromatic heterocycles. The molecule has 0 bridgehead atoms. The lowest BCUT2D eigenvalue weighted by Crippen LogP contribution is -2.18. The molecule has 0 radical (unpaired) electrons. The zero-order chi connectivity index (χ0) is 12.1. The minimum atomic E-state index is 0. The molecule has 0 spiro atoms. The maximum absolute atomic E-state index is 5.51. The van der Waals surface area contributed by atoms with E-state index in [0.29, 0.717) is 6.04 Å². The minimum Gasteiger partial charge on any atom is -0.307 e. The third kappa shape index (κ3) is 3.49. The number of hydrogen-bond acceptors (Lipinski definition) is 1. The molecule has 18 heavy (non-hydrogen) atoms. The van der Waals surface area contributed by atoms with Gasteiger partial charge >= 0.3 is 0 Å².